The maximum absolute atomic E-state index is 13.1. The zero-order valence-corrected chi connectivity index (χ0v) is 15.2. The van der Waals surface area contributed by atoms with Gasteiger partial charge in [-0.25, -0.2) is 8.42 Å². The van der Waals surface area contributed by atoms with Crippen molar-refractivity contribution < 1.29 is 22.4 Å². The van der Waals surface area contributed by atoms with Gasteiger partial charge in [-0.15, -0.1) is 0 Å². The first kappa shape index (κ1) is 18.0. The molecule has 0 bridgehead atoms. The van der Waals surface area contributed by atoms with Crippen LogP contribution in [0.1, 0.15) is 10.4 Å². The summed E-state index contributed by atoms with van der Waals surface area (Å²) in [5.74, 6) is -0.202. The van der Waals surface area contributed by atoms with Crippen LogP contribution in [0.4, 0.5) is 5.69 Å². The van der Waals surface area contributed by atoms with Crippen molar-refractivity contribution in [2.45, 2.75) is 4.90 Å². The van der Waals surface area contributed by atoms with E-state index < -0.39 is 15.9 Å². The first-order chi connectivity index (χ1) is 12.4. The Hall–Kier alpha value is -2.77. The van der Waals surface area contributed by atoms with E-state index in [9.17, 15) is 13.2 Å². The molecular weight excluding hydrogens is 378 g/mol. The zero-order chi connectivity index (χ0) is 18.7. The van der Waals surface area contributed by atoms with Gasteiger partial charge in [0.25, 0.3) is 15.9 Å². The molecule has 0 saturated heterocycles. The van der Waals surface area contributed by atoms with Crippen molar-refractivity contribution >= 4 is 33.2 Å². The number of hydrogen-bond donors (Lipinski definition) is 0. The summed E-state index contributed by atoms with van der Waals surface area (Å²) in [6.07, 6.45) is 2.49. The number of benzene rings is 2. The Morgan fingerprint density at radius 2 is 1.69 bits per heavy atom. The summed E-state index contributed by atoms with van der Waals surface area (Å²) in [5, 5.41) is 0.390. The molecule has 0 fully saturated rings. The predicted octanol–water partition coefficient (Wildman–Crippen LogP) is 3.98. The summed E-state index contributed by atoms with van der Waals surface area (Å²) in [6.45, 7) is 0. The summed E-state index contributed by atoms with van der Waals surface area (Å²) >= 11 is 5.83. The number of hydrogen-bond acceptors (Lipinski definition) is 5. The van der Waals surface area contributed by atoms with Gasteiger partial charge in [0.1, 0.15) is 12.0 Å². The van der Waals surface area contributed by atoms with Gasteiger partial charge in [0.2, 0.25) is 0 Å². The van der Waals surface area contributed by atoms with Gasteiger partial charge in [0, 0.05) is 5.02 Å². The first-order valence-corrected chi connectivity index (χ1v) is 9.27. The van der Waals surface area contributed by atoms with Crippen molar-refractivity contribution in [3.05, 3.63) is 77.7 Å². The van der Waals surface area contributed by atoms with Crippen LogP contribution in [0.15, 0.2) is 76.4 Å². The number of furan rings is 1. The standard InChI is InChI=1S/C18H14ClNO5S/c1-24-16-6-4-15(5-7-16)20(18(21)13-10-11-25-12-13)26(22,23)17-8-2-14(19)3-9-17/h2-12H,1H3. The molecule has 26 heavy (non-hydrogen) atoms. The van der Waals surface area contributed by atoms with Crippen LogP contribution in [-0.2, 0) is 10.0 Å². The number of carbonyl (C=O) groups is 1. The quantitative estimate of drug-likeness (QED) is 0.657. The fourth-order valence-corrected chi connectivity index (χ4v) is 3.84. The molecule has 0 aliphatic carbocycles. The van der Waals surface area contributed by atoms with Gasteiger partial charge in [-0.1, -0.05) is 11.6 Å². The molecule has 2 aromatic carbocycles. The molecule has 3 rings (SSSR count). The van der Waals surface area contributed by atoms with E-state index in [1.165, 1.54) is 62.1 Å². The maximum Gasteiger partial charge on any atom is 0.275 e. The average molecular weight is 392 g/mol. The highest BCUT2D eigenvalue weighted by molar-refractivity contribution is 7.93. The molecule has 1 heterocycles. The Labute approximate surface area is 155 Å². The highest BCUT2D eigenvalue weighted by Crippen LogP contribution is 2.28. The van der Waals surface area contributed by atoms with Gasteiger partial charge >= 0.3 is 0 Å². The number of rotatable bonds is 5. The van der Waals surface area contributed by atoms with Crippen molar-refractivity contribution in [1.29, 1.82) is 0 Å². The molecule has 1 aromatic heterocycles. The van der Waals surface area contributed by atoms with Crippen molar-refractivity contribution in [3.63, 3.8) is 0 Å². The highest BCUT2D eigenvalue weighted by Gasteiger charge is 2.32. The Morgan fingerprint density at radius 3 is 2.23 bits per heavy atom. The van der Waals surface area contributed by atoms with E-state index in [4.69, 9.17) is 20.8 Å². The van der Waals surface area contributed by atoms with E-state index in [0.717, 1.165) is 4.31 Å². The number of halogens is 1. The largest absolute Gasteiger partial charge is 0.497 e. The number of sulfonamides is 1. The van der Waals surface area contributed by atoms with Crippen molar-refractivity contribution in [2.75, 3.05) is 11.4 Å². The molecule has 0 N–H and O–H groups in total. The third-order valence-electron chi connectivity index (χ3n) is 3.61. The maximum atomic E-state index is 13.1. The summed E-state index contributed by atoms with van der Waals surface area (Å²) in [6, 6.07) is 13.1. The molecular formula is C18H14ClNO5S. The van der Waals surface area contributed by atoms with E-state index in [0.29, 0.717) is 10.8 Å². The number of methoxy groups -OCH3 is 1. The molecule has 134 valence electrons. The minimum atomic E-state index is -4.17. The summed E-state index contributed by atoms with van der Waals surface area (Å²) in [7, 11) is -2.68. The third-order valence-corrected chi connectivity index (χ3v) is 5.59. The molecule has 8 heteroatoms. The van der Waals surface area contributed by atoms with Crippen LogP contribution in [0.25, 0.3) is 0 Å². The lowest BCUT2D eigenvalue weighted by atomic mass is 10.2. The number of carbonyl (C=O) groups excluding carboxylic acids is 1. The molecule has 1 amide bonds. The molecule has 3 aromatic rings. The minimum absolute atomic E-state index is 0.0606. The van der Waals surface area contributed by atoms with Gasteiger partial charge in [0.05, 0.1) is 29.5 Å². The second-order valence-corrected chi connectivity index (χ2v) is 7.46. The average Bonchev–Trinajstić information content (AvgIpc) is 3.17. The van der Waals surface area contributed by atoms with E-state index in [-0.39, 0.29) is 16.1 Å². The number of ether oxygens (including phenoxy) is 1. The summed E-state index contributed by atoms with van der Waals surface area (Å²) < 4.78 is 37.0. The molecule has 0 aliphatic heterocycles. The van der Waals surface area contributed by atoms with Crippen LogP contribution in [0.2, 0.25) is 5.02 Å². The Balaban J connectivity index is 2.13. The van der Waals surface area contributed by atoms with E-state index >= 15 is 0 Å². The molecule has 0 aliphatic rings. The molecule has 0 radical (unpaired) electrons. The number of amides is 1. The van der Waals surface area contributed by atoms with Crippen molar-refractivity contribution in [2.24, 2.45) is 0 Å². The zero-order valence-electron chi connectivity index (χ0n) is 13.6. The molecule has 0 spiro atoms. The molecule has 6 nitrogen and oxygen atoms in total. The Bertz CT molecular complexity index is 997. The lowest BCUT2D eigenvalue weighted by Crippen LogP contribution is -2.36. The van der Waals surface area contributed by atoms with E-state index in [1.807, 2.05) is 0 Å². The third kappa shape index (κ3) is 3.44. The SMILES string of the molecule is COc1ccc(N(C(=O)c2ccoc2)S(=O)(=O)c2ccc(Cl)cc2)cc1. The van der Waals surface area contributed by atoms with Gasteiger partial charge in [-0.3, -0.25) is 4.79 Å². The fourth-order valence-electron chi connectivity index (χ4n) is 2.30. The van der Waals surface area contributed by atoms with Crippen LogP contribution in [0.3, 0.4) is 0 Å². The lowest BCUT2D eigenvalue weighted by Gasteiger charge is -2.22. The summed E-state index contributed by atoms with van der Waals surface area (Å²) in [4.78, 5) is 12.8. The Kier molecular flexibility index (Phi) is 5.01. The van der Waals surface area contributed by atoms with Crippen LogP contribution in [-0.4, -0.2) is 21.4 Å². The molecule has 0 atom stereocenters. The number of nitrogens with zero attached hydrogens (tertiary/aromatic N) is 1. The van der Waals surface area contributed by atoms with Gasteiger partial charge in [0.15, 0.2) is 0 Å². The monoisotopic (exact) mass is 391 g/mol. The van der Waals surface area contributed by atoms with Gasteiger partial charge < -0.3 is 9.15 Å². The number of anilines is 1. The second-order valence-electron chi connectivity index (χ2n) is 5.24. The van der Waals surface area contributed by atoms with Crippen LogP contribution in [0, 0.1) is 0 Å². The highest BCUT2D eigenvalue weighted by atomic mass is 35.5. The van der Waals surface area contributed by atoms with Crippen LogP contribution < -0.4 is 9.04 Å². The predicted molar refractivity (Wildman–Crippen MR) is 97.1 cm³/mol. The lowest BCUT2D eigenvalue weighted by molar-refractivity contribution is 0.100. The topological polar surface area (TPSA) is 76.8 Å². The van der Waals surface area contributed by atoms with E-state index in [2.05, 4.69) is 0 Å². The van der Waals surface area contributed by atoms with Crippen molar-refractivity contribution in [1.82, 2.24) is 0 Å². The Morgan fingerprint density at radius 1 is 1.04 bits per heavy atom. The molecule has 0 unspecified atom stereocenters. The van der Waals surface area contributed by atoms with Crippen molar-refractivity contribution in [3.8, 4) is 5.75 Å². The second kappa shape index (κ2) is 7.23. The summed E-state index contributed by atoms with van der Waals surface area (Å²) in [5.41, 5.74) is 0.283. The smallest absolute Gasteiger partial charge is 0.275 e. The van der Waals surface area contributed by atoms with Gasteiger partial charge in [-0.2, -0.15) is 4.31 Å². The fraction of sp³-hybridized carbons (Fsp3) is 0.0556. The van der Waals surface area contributed by atoms with Crippen LogP contribution in [0.5, 0.6) is 5.75 Å². The normalized spacial score (nSPS) is 11.2. The molecule has 0 saturated carbocycles. The van der Waals surface area contributed by atoms with E-state index in [1.54, 1.807) is 12.1 Å². The first-order valence-electron chi connectivity index (χ1n) is 7.45. The van der Waals surface area contributed by atoms with Crippen LogP contribution >= 0.6 is 11.6 Å². The van der Waals surface area contributed by atoms with Gasteiger partial charge in [-0.05, 0) is 54.6 Å². The minimum Gasteiger partial charge on any atom is -0.497 e.